The highest BCUT2D eigenvalue weighted by Crippen LogP contribution is 2.16. The van der Waals surface area contributed by atoms with Crippen molar-refractivity contribution in [2.24, 2.45) is 0 Å². The van der Waals surface area contributed by atoms with Gasteiger partial charge in [0.1, 0.15) is 12.0 Å². The van der Waals surface area contributed by atoms with Crippen LogP contribution in [0.3, 0.4) is 0 Å². The zero-order valence-corrected chi connectivity index (χ0v) is 14.7. The number of hydrogen-bond donors (Lipinski definition) is 1. The molecule has 0 fully saturated rings. The molecule has 3 rings (SSSR count). The summed E-state index contributed by atoms with van der Waals surface area (Å²) < 4.78 is 6.73. The van der Waals surface area contributed by atoms with E-state index in [1.807, 2.05) is 30.3 Å². The lowest BCUT2D eigenvalue weighted by Gasteiger charge is -2.08. The number of ketones is 2. The maximum absolute atomic E-state index is 12.5. The number of Topliss-reactive ketones (excluding diaryl/α,β-unsaturated/α-hetero) is 2. The third-order valence-corrected chi connectivity index (χ3v) is 3.90. The van der Waals surface area contributed by atoms with E-state index in [1.54, 1.807) is 17.7 Å². The summed E-state index contributed by atoms with van der Waals surface area (Å²) >= 11 is 0. The van der Waals surface area contributed by atoms with E-state index in [1.165, 1.54) is 12.4 Å². The van der Waals surface area contributed by atoms with Gasteiger partial charge in [0.15, 0.2) is 11.6 Å². The molecule has 0 amide bonds. The van der Waals surface area contributed by atoms with Gasteiger partial charge in [-0.15, -0.1) is 0 Å². The second-order valence-electron chi connectivity index (χ2n) is 5.81. The van der Waals surface area contributed by atoms with Crippen molar-refractivity contribution >= 4 is 17.5 Å². The van der Waals surface area contributed by atoms with Crippen LogP contribution in [0.5, 0.6) is 0 Å². The van der Waals surface area contributed by atoms with Crippen LogP contribution in [0, 0.1) is 0 Å². The third-order valence-electron chi connectivity index (χ3n) is 3.90. The zero-order chi connectivity index (χ0) is 19.2. The van der Waals surface area contributed by atoms with E-state index in [0.29, 0.717) is 6.54 Å². The van der Waals surface area contributed by atoms with Gasteiger partial charge >= 0.3 is 5.97 Å². The van der Waals surface area contributed by atoms with Crippen molar-refractivity contribution in [3.8, 4) is 0 Å². The number of carbonyl (C=O) groups excluding carboxylic acids is 3. The normalized spacial score (nSPS) is 10.6. The molecule has 0 aliphatic heterocycles. The van der Waals surface area contributed by atoms with Gasteiger partial charge in [-0.25, -0.2) is 9.78 Å². The summed E-state index contributed by atoms with van der Waals surface area (Å²) in [6, 6.07) is 11.0. The predicted octanol–water partition coefficient (Wildman–Crippen LogP) is 2.29. The Bertz CT molecular complexity index is 946. The Labute approximate surface area is 155 Å². The molecule has 0 aliphatic rings. The number of rotatable bonds is 8. The molecule has 0 radical (unpaired) electrons. The Morgan fingerprint density at radius 2 is 1.93 bits per heavy atom. The quantitative estimate of drug-likeness (QED) is 0.372. The van der Waals surface area contributed by atoms with Gasteiger partial charge in [0.2, 0.25) is 5.78 Å². The van der Waals surface area contributed by atoms with Crippen molar-refractivity contribution in [2.75, 3.05) is 6.61 Å². The van der Waals surface area contributed by atoms with Gasteiger partial charge in [-0.05, 0) is 18.6 Å². The average Bonchev–Trinajstić information content (AvgIpc) is 3.33. The standard InChI is InChI=1S/C19H18N4O4/c1-2-27-19(26)15-8-14(11-23(15)10-13-6-4-3-5-7-13)16(24)9-17(25)18-20-12-21-22-18/h3-8,11-12H,2,9-10H2,1H3,(H,20,21,22). The number of aromatic amines is 1. The second kappa shape index (κ2) is 8.22. The van der Waals surface area contributed by atoms with Gasteiger partial charge in [0.25, 0.3) is 0 Å². The van der Waals surface area contributed by atoms with Gasteiger partial charge < -0.3 is 9.30 Å². The Morgan fingerprint density at radius 3 is 2.59 bits per heavy atom. The Kier molecular flexibility index (Phi) is 5.55. The summed E-state index contributed by atoms with van der Waals surface area (Å²) in [5, 5.41) is 6.03. The molecule has 1 N–H and O–H groups in total. The van der Waals surface area contributed by atoms with Gasteiger partial charge in [0.05, 0.1) is 13.0 Å². The van der Waals surface area contributed by atoms with Crippen LogP contribution in [0.15, 0.2) is 48.9 Å². The number of esters is 1. The molecule has 8 nitrogen and oxygen atoms in total. The van der Waals surface area contributed by atoms with E-state index in [-0.39, 0.29) is 30.1 Å². The van der Waals surface area contributed by atoms with E-state index >= 15 is 0 Å². The number of carbonyl (C=O) groups is 3. The minimum atomic E-state index is -0.519. The molecular weight excluding hydrogens is 348 g/mol. The second-order valence-corrected chi connectivity index (χ2v) is 5.81. The van der Waals surface area contributed by atoms with Crippen LogP contribution in [0.1, 0.15) is 50.4 Å². The van der Waals surface area contributed by atoms with E-state index in [9.17, 15) is 14.4 Å². The lowest BCUT2D eigenvalue weighted by molar-refractivity contribution is 0.0514. The molecule has 3 aromatic rings. The molecule has 0 unspecified atom stereocenters. The molecule has 138 valence electrons. The minimum absolute atomic E-state index is 0.0256. The van der Waals surface area contributed by atoms with Gasteiger partial charge in [0, 0.05) is 18.3 Å². The fourth-order valence-corrected chi connectivity index (χ4v) is 2.62. The Morgan fingerprint density at radius 1 is 1.15 bits per heavy atom. The largest absolute Gasteiger partial charge is 0.461 e. The SMILES string of the molecule is CCOC(=O)c1cc(C(=O)CC(=O)c2ncn[nH]2)cn1Cc1ccccc1. The number of hydrogen-bond acceptors (Lipinski definition) is 6. The molecule has 2 aromatic heterocycles. The molecule has 0 atom stereocenters. The predicted molar refractivity (Wildman–Crippen MR) is 95.6 cm³/mol. The summed E-state index contributed by atoms with van der Waals surface area (Å²) in [5.41, 5.74) is 1.49. The summed E-state index contributed by atoms with van der Waals surface area (Å²) in [6.07, 6.45) is 2.40. The number of aromatic nitrogens is 4. The smallest absolute Gasteiger partial charge is 0.354 e. The summed E-state index contributed by atoms with van der Waals surface area (Å²) in [6.45, 7) is 2.34. The van der Waals surface area contributed by atoms with Crippen molar-refractivity contribution in [2.45, 2.75) is 19.9 Å². The average molecular weight is 366 g/mol. The van der Waals surface area contributed by atoms with E-state index in [2.05, 4.69) is 15.2 Å². The van der Waals surface area contributed by atoms with Gasteiger partial charge in [-0.1, -0.05) is 30.3 Å². The van der Waals surface area contributed by atoms with E-state index in [4.69, 9.17) is 4.74 Å². The highest BCUT2D eigenvalue weighted by molar-refractivity contribution is 6.12. The first-order valence-corrected chi connectivity index (χ1v) is 8.41. The fraction of sp³-hybridized carbons (Fsp3) is 0.211. The monoisotopic (exact) mass is 366 g/mol. The number of nitrogens with one attached hydrogen (secondary N) is 1. The zero-order valence-electron chi connectivity index (χ0n) is 14.7. The molecule has 27 heavy (non-hydrogen) atoms. The Hall–Kier alpha value is -3.55. The highest BCUT2D eigenvalue weighted by atomic mass is 16.5. The minimum Gasteiger partial charge on any atom is -0.461 e. The van der Waals surface area contributed by atoms with Gasteiger partial charge in [-0.2, -0.15) is 5.10 Å². The van der Waals surface area contributed by atoms with Crippen molar-refractivity contribution in [1.82, 2.24) is 19.7 Å². The van der Waals surface area contributed by atoms with Crippen LogP contribution >= 0.6 is 0 Å². The molecule has 1 aromatic carbocycles. The van der Waals surface area contributed by atoms with Crippen LogP contribution in [-0.4, -0.2) is 43.9 Å². The molecular formula is C19H18N4O4. The van der Waals surface area contributed by atoms with Crippen molar-refractivity contribution < 1.29 is 19.1 Å². The van der Waals surface area contributed by atoms with Crippen molar-refractivity contribution in [3.63, 3.8) is 0 Å². The molecule has 0 bridgehead atoms. The molecule has 0 saturated heterocycles. The third kappa shape index (κ3) is 4.35. The Balaban J connectivity index is 1.84. The number of H-pyrrole nitrogens is 1. The van der Waals surface area contributed by atoms with Crippen LogP contribution in [0.2, 0.25) is 0 Å². The number of nitrogens with zero attached hydrogens (tertiary/aromatic N) is 3. The highest BCUT2D eigenvalue weighted by Gasteiger charge is 2.21. The first-order valence-electron chi connectivity index (χ1n) is 8.41. The molecule has 0 saturated carbocycles. The summed E-state index contributed by atoms with van der Waals surface area (Å²) in [4.78, 5) is 40.6. The van der Waals surface area contributed by atoms with Crippen molar-refractivity contribution in [1.29, 1.82) is 0 Å². The fourth-order valence-electron chi connectivity index (χ4n) is 2.62. The molecule has 0 aliphatic carbocycles. The number of benzene rings is 1. The van der Waals surface area contributed by atoms with Crippen molar-refractivity contribution in [3.05, 3.63) is 71.6 Å². The van der Waals surface area contributed by atoms with Crippen LogP contribution in [-0.2, 0) is 11.3 Å². The summed E-state index contributed by atoms with van der Waals surface area (Å²) in [5.74, 6) is -1.37. The van der Waals surface area contributed by atoms with Crippen LogP contribution in [0.4, 0.5) is 0 Å². The number of ether oxygens (including phenoxy) is 1. The first-order chi connectivity index (χ1) is 13.1. The maximum Gasteiger partial charge on any atom is 0.354 e. The van der Waals surface area contributed by atoms with E-state index < -0.39 is 17.5 Å². The molecule has 2 heterocycles. The topological polar surface area (TPSA) is 107 Å². The lowest BCUT2D eigenvalue weighted by atomic mass is 10.1. The first kappa shape index (κ1) is 18.2. The molecule has 8 heteroatoms. The van der Waals surface area contributed by atoms with Gasteiger partial charge in [-0.3, -0.25) is 14.7 Å². The molecule has 0 spiro atoms. The maximum atomic E-state index is 12.5. The summed E-state index contributed by atoms with van der Waals surface area (Å²) in [7, 11) is 0. The lowest BCUT2D eigenvalue weighted by Crippen LogP contribution is -2.12. The van der Waals surface area contributed by atoms with E-state index in [0.717, 1.165) is 5.56 Å². The van der Waals surface area contributed by atoms with Crippen LogP contribution in [0.25, 0.3) is 0 Å². The van der Waals surface area contributed by atoms with Crippen LogP contribution < -0.4 is 0 Å².